The first-order valence-electron chi connectivity index (χ1n) is 8.69. The van der Waals surface area contributed by atoms with Crippen LogP contribution < -0.4 is 10.2 Å². The number of ether oxygens (including phenoxy) is 1. The molecule has 0 aliphatic carbocycles. The van der Waals surface area contributed by atoms with Crippen molar-refractivity contribution >= 4 is 17.3 Å². The molecule has 5 nitrogen and oxygen atoms in total. The zero-order valence-corrected chi connectivity index (χ0v) is 14.0. The second-order valence-electron chi connectivity index (χ2n) is 6.48. The molecule has 2 fully saturated rings. The monoisotopic (exact) mass is 317 g/mol. The maximum Gasteiger partial charge on any atom is 0.238 e. The van der Waals surface area contributed by atoms with Gasteiger partial charge in [0.05, 0.1) is 31.1 Å². The van der Waals surface area contributed by atoms with E-state index in [0.717, 1.165) is 44.2 Å². The summed E-state index contributed by atoms with van der Waals surface area (Å²) in [6.07, 6.45) is 3.67. The fraction of sp³-hybridized carbons (Fsp3) is 0.611. The van der Waals surface area contributed by atoms with Crippen molar-refractivity contribution in [2.24, 2.45) is 0 Å². The number of carbonyl (C=O) groups is 1. The van der Waals surface area contributed by atoms with Gasteiger partial charge in [0.25, 0.3) is 0 Å². The molecule has 2 aliphatic heterocycles. The summed E-state index contributed by atoms with van der Waals surface area (Å²) in [4.78, 5) is 17.0. The third-order valence-electron chi connectivity index (χ3n) is 4.82. The highest BCUT2D eigenvalue weighted by atomic mass is 16.5. The van der Waals surface area contributed by atoms with E-state index in [4.69, 9.17) is 4.74 Å². The predicted octanol–water partition coefficient (Wildman–Crippen LogP) is 2.34. The lowest BCUT2D eigenvalue weighted by atomic mass is 10.0. The lowest BCUT2D eigenvalue weighted by molar-refractivity contribution is -0.118. The molecule has 3 rings (SSSR count). The molecule has 1 aromatic rings. The van der Waals surface area contributed by atoms with Crippen LogP contribution in [0.5, 0.6) is 0 Å². The van der Waals surface area contributed by atoms with Gasteiger partial charge in [0.1, 0.15) is 0 Å². The summed E-state index contributed by atoms with van der Waals surface area (Å²) in [6, 6.07) is 8.56. The van der Waals surface area contributed by atoms with E-state index in [-0.39, 0.29) is 5.91 Å². The molecule has 5 heteroatoms. The van der Waals surface area contributed by atoms with Crippen LogP contribution in [-0.2, 0) is 9.53 Å². The Labute approximate surface area is 138 Å². The Morgan fingerprint density at radius 1 is 1.22 bits per heavy atom. The number of morpholine rings is 1. The Kier molecular flexibility index (Phi) is 5.51. The fourth-order valence-electron chi connectivity index (χ4n) is 3.43. The van der Waals surface area contributed by atoms with Crippen LogP contribution in [0.15, 0.2) is 24.3 Å². The Morgan fingerprint density at radius 3 is 2.78 bits per heavy atom. The van der Waals surface area contributed by atoms with E-state index in [1.54, 1.807) is 0 Å². The molecule has 0 bridgehead atoms. The van der Waals surface area contributed by atoms with Crippen LogP contribution in [0.1, 0.15) is 26.2 Å². The van der Waals surface area contributed by atoms with E-state index in [1.807, 2.05) is 18.2 Å². The van der Waals surface area contributed by atoms with Crippen LogP contribution >= 0.6 is 0 Å². The van der Waals surface area contributed by atoms with Crippen molar-refractivity contribution in [3.8, 4) is 0 Å². The molecule has 2 heterocycles. The number of hydrogen-bond donors (Lipinski definition) is 1. The average molecular weight is 317 g/mol. The number of hydrogen-bond acceptors (Lipinski definition) is 4. The molecule has 1 N–H and O–H groups in total. The second-order valence-corrected chi connectivity index (χ2v) is 6.48. The zero-order chi connectivity index (χ0) is 16.1. The minimum atomic E-state index is 0.0828. The van der Waals surface area contributed by atoms with Gasteiger partial charge in [-0.05, 0) is 38.4 Å². The first-order valence-corrected chi connectivity index (χ1v) is 8.69. The standard InChI is InChI=1S/C18H27N3O2/c1-15-6-4-5-9-21(15)14-18(22)19-16-7-2-3-8-17(16)20-10-12-23-13-11-20/h2-3,7-8,15H,4-6,9-14H2,1H3,(H,19,22). The molecule has 1 unspecified atom stereocenters. The van der Waals surface area contributed by atoms with Gasteiger partial charge in [0.15, 0.2) is 0 Å². The molecule has 0 aromatic heterocycles. The minimum absolute atomic E-state index is 0.0828. The molecule has 0 spiro atoms. The summed E-state index contributed by atoms with van der Waals surface area (Å²) < 4.78 is 5.42. The number of rotatable bonds is 4. The van der Waals surface area contributed by atoms with Crippen LogP contribution in [0.3, 0.4) is 0 Å². The molecule has 1 amide bonds. The molecule has 1 aromatic carbocycles. The predicted molar refractivity (Wildman–Crippen MR) is 93.0 cm³/mol. The molecule has 126 valence electrons. The largest absolute Gasteiger partial charge is 0.378 e. The molecule has 0 saturated carbocycles. The van der Waals surface area contributed by atoms with Gasteiger partial charge in [-0.3, -0.25) is 9.69 Å². The van der Waals surface area contributed by atoms with Crippen LogP contribution in [0.4, 0.5) is 11.4 Å². The van der Waals surface area contributed by atoms with Crippen LogP contribution in [-0.4, -0.2) is 56.2 Å². The second kappa shape index (κ2) is 7.79. The molecule has 23 heavy (non-hydrogen) atoms. The SMILES string of the molecule is CC1CCCCN1CC(=O)Nc1ccccc1N1CCOCC1. The quantitative estimate of drug-likeness (QED) is 0.926. The van der Waals surface area contributed by atoms with Gasteiger partial charge < -0.3 is 15.0 Å². The van der Waals surface area contributed by atoms with Crippen LogP contribution in [0, 0.1) is 0 Å². The highest BCUT2D eigenvalue weighted by Gasteiger charge is 2.21. The molecule has 2 aliphatic rings. The maximum atomic E-state index is 12.5. The summed E-state index contributed by atoms with van der Waals surface area (Å²) in [5.41, 5.74) is 2.00. The minimum Gasteiger partial charge on any atom is -0.378 e. The van der Waals surface area contributed by atoms with Gasteiger partial charge in [0.2, 0.25) is 5.91 Å². The van der Waals surface area contributed by atoms with Crippen molar-refractivity contribution in [2.45, 2.75) is 32.2 Å². The molecular formula is C18H27N3O2. The number of piperidine rings is 1. The van der Waals surface area contributed by atoms with E-state index < -0.39 is 0 Å². The third kappa shape index (κ3) is 4.24. The Balaban J connectivity index is 1.63. The van der Waals surface area contributed by atoms with Crippen molar-refractivity contribution in [1.82, 2.24) is 4.90 Å². The number of amides is 1. The number of likely N-dealkylation sites (tertiary alicyclic amines) is 1. The van der Waals surface area contributed by atoms with Gasteiger partial charge >= 0.3 is 0 Å². The van der Waals surface area contributed by atoms with E-state index in [9.17, 15) is 4.79 Å². The van der Waals surface area contributed by atoms with E-state index in [2.05, 4.69) is 28.1 Å². The maximum absolute atomic E-state index is 12.5. The number of benzene rings is 1. The van der Waals surface area contributed by atoms with E-state index >= 15 is 0 Å². The normalized spacial score (nSPS) is 22.8. The zero-order valence-electron chi connectivity index (χ0n) is 14.0. The Hall–Kier alpha value is -1.59. The number of para-hydroxylation sites is 2. The lowest BCUT2D eigenvalue weighted by Crippen LogP contribution is -2.42. The van der Waals surface area contributed by atoms with Gasteiger partial charge in [0, 0.05) is 19.1 Å². The van der Waals surface area contributed by atoms with Gasteiger partial charge in [-0.25, -0.2) is 0 Å². The fourth-order valence-corrected chi connectivity index (χ4v) is 3.43. The topological polar surface area (TPSA) is 44.8 Å². The number of nitrogens with zero attached hydrogens (tertiary/aromatic N) is 2. The smallest absolute Gasteiger partial charge is 0.238 e. The van der Waals surface area contributed by atoms with Gasteiger partial charge in [-0.2, -0.15) is 0 Å². The number of nitrogens with one attached hydrogen (secondary N) is 1. The van der Waals surface area contributed by atoms with Crippen molar-refractivity contribution in [3.05, 3.63) is 24.3 Å². The average Bonchev–Trinajstić information content (AvgIpc) is 2.58. The molecule has 1 atom stereocenters. The summed E-state index contributed by atoms with van der Waals surface area (Å²) >= 11 is 0. The van der Waals surface area contributed by atoms with Gasteiger partial charge in [-0.15, -0.1) is 0 Å². The molecule has 2 saturated heterocycles. The van der Waals surface area contributed by atoms with Crippen molar-refractivity contribution < 1.29 is 9.53 Å². The first-order chi connectivity index (χ1) is 11.2. The van der Waals surface area contributed by atoms with E-state index in [0.29, 0.717) is 12.6 Å². The third-order valence-corrected chi connectivity index (χ3v) is 4.82. The molecular weight excluding hydrogens is 290 g/mol. The Bertz CT molecular complexity index is 529. The molecule has 0 radical (unpaired) electrons. The Morgan fingerprint density at radius 2 is 2.00 bits per heavy atom. The number of carbonyl (C=O) groups excluding carboxylic acids is 1. The van der Waals surface area contributed by atoms with E-state index in [1.165, 1.54) is 19.3 Å². The van der Waals surface area contributed by atoms with Crippen molar-refractivity contribution in [1.29, 1.82) is 0 Å². The van der Waals surface area contributed by atoms with Crippen molar-refractivity contribution in [2.75, 3.05) is 49.6 Å². The van der Waals surface area contributed by atoms with Gasteiger partial charge in [-0.1, -0.05) is 18.6 Å². The van der Waals surface area contributed by atoms with Crippen molar-refractivity contribution in [3.63, 3.8) is 0 Å². The highest BCUT2D eigenvalue weighted by molar-refractivity contribution is 5.95. The summed E-state index contributed by atoms with van der Waals surface area (Å²) in [6.45, 7) is 6.96. The summed E-state index contributed by atoms with van der Waals surface area (Å²) in [7, 11) is 0. The number of anilines is 2. The highest BCUT2D eigenvalue weighted by Crippen LogP contribution is 2.26. The van der Waals surface area contributed by atoms with Crippen LogP contribution in [0.25, 0.3) is 0 Å². The summed E-state index contributed by atoms with van der Waals surface area (Å²) in [5.74, 6) is 0.0828. The lowest BCUT2D eigenvalue weighted by Gasteiger charge is -2.33. The first kappa shape index (κ1) is 16.3. The van der Waals surface area contributed by atoms with Crippen LogP contribution in [0.2, 0.25) is 0 Å². The summed E-state index contributed by atoms with van der Waals surface area (Å²) in [5, 5.41) is 3.11.